The molecule has 7 heteroatoms. The van der Waals surface area contributed by atoms with Gasteiger partial charge in [0.15, 0.2) is 4.34 Å². The fourth-order valence-corrected chi connectivity index (χ4v) is 4.09. The second-order valence-corrected chi connectivity index (χ2v) is 7.19. The maximum absolute atomic E-state index is 11.1. The van der Waals surface area contributed by atoms with Gasteiger partial charge in [-0.05, 0) is 37.3 Å². The summed E-state index contributed by atoms with van der Waals surface area (Å²) in [5, 5.41) is 3.55. The standard InChI is InChI=1S/C14H18N4OS2/c1-20-14-17-11-3-2-10(8-12(11)21-14)16-9-4-6-18(7-5-9)13(15)19/h2-3,8-9,16H,4-7H2,1H3,(H2,15,19). The van der Waals surface area contributed by atoms with Crippen molar-refractivity contribution >= 4 is 45.0 Å². The zero-order valence-corrected chi connectivity index (χ0v) is 13.5. The molecule has 1 fully saturated rings. The van der Waals surface area contributed by atoms with Crippen molar-refractivity contribution in [1.29, 1.82) is 0 Å². The lowest BCUT2D eigenvalue weighted by molar-refractivity contribution is 0.193. The van der Waals surface area contributed by atoms with Gasteiger partial charge in [0, 0.05) is 24.8 Å². The molecule has 3 rings (SSSR count). The number of urea groups is 1. The number of fused-ring (bicyclic) bond motifs is 1. The Morgan fingerprint density at radius 2 is 2.24 bits per heavy atom. The molecule has 5 nitrogen and oxygen atoms in total. The van der Waals surface area contributed by atoms with Gasteiger partial charge in [-0.1, -0.05) is 11.8 Å². The molecule has 21 heavy (non-hydrogen) atoms. The summed E-state index contributed by atoms with van der Waals surface area (Å²) in [6, 6.07) is 6.38. The number of amides is 2. The van der Waals surface area contributed by atoms with Gasteiger partial charge < -0.3 is 16.0 Å². The van der Waals surface area contributed by atoms with E-state index in [0.717, 1.165) is 41.5 Å². The van der Waals surface area contributed by atoms with Crippen molar-refractivity contribution in [1.82, 2.24) is 9.88 Å². The highest BCUT2D eigenvalue weighted by Crippen LogP contribution is 2.30. The first-order chi connectivity index (χ1) is 10.2. The SMILES string of the molecule is CSc1nc2ccc(NC3CCN(C(N)=O)CC3)cc2s1. The highest BCUT2D eigenvalue weighted by Gasteiger charge is 2.21. The fourth-order valence-electron chi connectivity index (χ4n) is 2.56. The topological polar surface area (TPSA) is 71.2 Å². The number of rotatable bonds is 3. The van der Waals surface area contributed by atoms with E-state index in [-0.39, 0.29) is 6.03 Å². The van der Waals surface area contributed by atoms with Gasteiger partial charge in [-0.3, -0.25) is 0 Å². The maximum Gasteiger partial charge on any atom is 0.314 e. The first-order valence-corrected chi connectivity index (χ1v) is 8.95. The summed E-state index contributed by atoms with van der Waals surface area (Å²) in [5.41, 5.74) is 7.48. The molecule has 1 aliphatic heterocycles. The van der Waals surface area contributed by atoms with Crippen LogP contribution in [0.2, 0.25) is 0 Å². The monoisotopic (exact) mass is 322 g/mol. The van der Waals surface area contributed by atoms with Crippen LogP contribution in [-0.4, -0.2) is 41.3 Å². The lowest BCUT2D eigenvalue weighted by Crippen LogP contribution is -2.44. The summed E-state index contributed by atoms with van der Waals surface area (Å²) < 4.78 is 2.30. The summed E-state index contributed by atoms with van der Waals surface area (Å²) in [4.78, 5) is 17.4. The van der Waals surface area contributed by atoms with Crippen molar-refractivity contribution in [2.45, 2.75) is 23.2 Å². The van der Waals surface area contributed by atoms with Crippen LogP contribution in [0.5, 0.6) is 0 Å². The predicted octanol–water partition coefficient (Wildman–Crippen LogP) is 2.97. The number of likely N-dealkylation sites (tertiary alicyclic amines) is 1. The van der Waals surface area contributed by atoms with Crippen molar-refractivity contribution in [3.8, 4) is 0 Å². The summed E-state index contributed by atoms with van der Waals surface area (Å²) in [7, 11) is 0. The van der Waals surface area contributed by atoms with Crippen LogP contribution in [0.3, 0.4) is 0 Å². The molecule has 0 unspecified atom stereocenters. The number of hydrogen-bond acceptors (Lipinski definition) is 5. The van der Waals surface area contributed by atoms with Gasteiger partial charge in [-0.25, -0.2) is 9.78 Å². The van der Waals surface area contributed by atoms with Gasteiger partial charge in [0.1, 0.15) is 0 Å². The fraction of sp³-hybridized carbons (Fsp3) is 0.429. The molecule has 2 aromatic rings. The first-order valence-electron chi connectivity index (χ1n) is 6.91. The van der Waals surface area contributed by atoms with Gasteiger partial charge in [0.25, 0.3) is 0 Å². The molecule has 0 bridgehead atoms. The summed E-state index contributed by atoms with van der Waals surface area (Å²) in [6.45, 7) is 1.46. The second-order valence-electron chi connectivity index (χ2n) is 5.11. The molecule has 0 saturated carbocycles. The number of hydrogen-bond donors (Lipinski definition) is 2. The van der Waals surface area contributed by atoms with Gasteiger partial charge in [0.05, 0.1) is 10.2 Å². The first kappa shape index (κ1) is 14.5. The maximum atomic E-state index is 11.1. The number of anilines is 1. The number of nitrogens with zero attached hydrogens (tertiary/aromatic N) is 2. The molecule has 0 spiro atoms. The van der Waals surface area contributed by atoms with E-state index in [4.69, 9.17) is 5.73 Å². The minimum Gasteiger partial charge on any atom is -0.382 e. The molecule has 1 aromatic heterocycles. The van der Waals surface area contributed by atoms with Crippen molar-refractivity contribution in [3.05, 3.63) is 18.2 Å². The third-order valence-electron chi connectivity index (χ3n) is 3.72. The number of thiazole rings is 1. The zero-order valence-electron chi connectivity index (χ0n) is 11.8. The Labute approximate surface area is 131 Å². The smallest absolute Gasteiger partial charge is 0.314 e. The average Bonchev–Trinajstić information content (AvgIpc) is 2.90. The van der Waals surface area contributed by atoms with Crippen molar-refractivity contribution in [2.24, 2.45) is 5.73 Å². The van der Waals surface area contributed by atoms with E-state index >= 15 is 0 Å². The molecule has 0 aliphatic carbocycles. The Kier molecular flexibility index (Phi) is 4.21. The Morgan fingerprint density at radius 1 is 1.48 bits per heavy atom. The van der Waals surface area contributed by atoms with E-state index < -0.39 is 0 Å². The minimum absolute atomic E-state index is 0.316. The Balaban J connectivity index is 1.66. The number of carbonyl (C=O) groups excluding carboxylic acids is 1. The predicted molar refractivity (Wildman–Crippen MR) is 89.2 cm³/mol. The summed E-state index contributed by atoms with van der Waals surface area (Å²) in [6.07, 6.45) is 3.91. The third kappa shape index (κ3) is 3.24. The third-order valence-corrected chi connectivity index (χ3v) is 5.72. The molecule has 2 heterocycles. The van der Waals surface area contributed by atoms with Crippen LogP contribution in [0, 0.1) is 0 Å². The van der Waals surface area contributed by atoms with Crippen LogP contribution < -0.4 is 11.1 Å². The van der Waals surface area contributed by atoms with E-state index in [9.17, 15) is 4.79 Å². The van der Waals surface area contributed by atoms with Gasteiger partial charge in [0.2, 0.25) is 0 Å². The molecule has 112 valence electrons. The second kappa shape index (κ2) is 6.11. The number of thioether (sulfide) groups is 1. The van der Waals surface area contributed by atoms with Crippen LogP contribution >= 0.6 is 23.1 Å². The molecular formula is C14H18N4OS2. The Morgan fingerprint density at radius 3 is 2.90 bits per heavy atom. The lowest BCUT2D eigenvalue weighted by atomic mass is 10.0. The largest absolute Gasteiger partial charge is 0.382 e. The van der Waals surface area contributed by atoms with Crippen LogP contribution in [-0.2, 0) is 0 Å². The van der Waals surface area contributed by atoms with E-state index in [1.807, 2.05) is 6.26 Å². The Hall–Kier alpha value is -1.47. The van der Waals surface area contributed by atoms with Gasteiger partial charge in [-0.15, -0.1) is 11.3 Å². The number of benzene rings is 1. The average molecular weight is 322 g/mol. The van der Waals surface area contributed by atoms with Crippen molar-refractivity contribution in [2.75, 3.05) is 24.7 Å². The van der Waals surface area contributed by atoms with Crippen LogP contribution in [0.15, 0.2) is 22.5 Å². The molecule has 2 amide bonds. The molecular weight excluding hydrogens is 304 g/mol. The number of aromatic nitrogens is 1. The number of carbonyl (C=O) groups is 1. The molecule has 1 saturated heterocycles. The van der Waals surface area contributed by atoms with Gasteiger partial charge in [-0.2, -0.15) is 0 Å². The molecule has 0 radical (unpaired) electrons. The van der Waals surface area contributed by atoms with E-state index in [0.29, 0.717) is 6.04 Å². The molecule has 3 N–H and O–H groups in total. The highest BCUT2D eigenvalue weighted by molar-refractivity contribution is 8.00. The minimum atomic E-state index is -0.316. The van der Waals surface area contributed by atoms with E-state index in [1.54, 1.807) is 28.0 Å². The van der Waals surface area contributed by atoms with Crippen LogP contribution in [0.1, 0.15) is 12.8 Å². The van der Waals surface area contributed by atoms with E-state index in [1.165, 1.54) is 4.70 Å². The Bertz CT molecular complexity index is 649. The van der Waals surface area contributed by atoms with Crippen LogP contribution in [0.4, 0.5) is 10.5 Å². The molecule has 1 aromatic carbocycles. The van der Waals surface area contributed by atoms with Crippen molar-refractivity contribution < 1.29 is 4.79 Å². The zero-order chi connectivity index (χ0) is 14.8. The lowest BCUT2D eigenvalue weighted by Gasteiger charge is -2.31. The van der Waals surface area contributed by atoms with Crippen LogP contribution in [0.25, 0.3) is 10.2 Å². The summed E-state index contributed by atoms with van der Waals surface area (Å²) >= 11 is 3.40. The molecule has 0 atom stereocenters. The normalized spacial score (nSPS) is 16.3. The number of primary amides is 1. The molecule has 1 aliphatic rings. The van der Waals surface area contributed by atoms with E-state index in [2.05, 4.69) is 28.5 Å². The highest BCUT2D eigenvalue weighted by atomic mass is 32.2. The van der Waals surface area contributed by atoms with Crippen molar-refractivity contribution in [3.63, 3.8) is 0 Å². The number of nitrogens with one attached hydrogen (secondary N) is 1. The quantitative estimate of drug-likeness (QED) is 0.852. The summed E-state index contributed by atoms with van der Waals surface area (Å²) in [5.74, 6) is 0. The van der Waals surface area contributed by atoms with Gasteiger partial charge >= 0.3 is 6.03 Å². The number of piperidine rings is 1. The number of nitrogens with two attached hydrogens (primary N) is 1.